The smallest absolute Gasteiger partial charge is 0.164 e. The lowest BCUT2D eigenvalue weighted by molar-refractivity contribution is 0.102. The zero-order valence-electron chi connectivity index (χ0n) is 10.2. The van der Waals surface area contributed by atoms with Gasteiger partial charge in [0.15, 0.2) is 5.78 Å². The van der Waals surface area contributed by atoms with Gasteiger partial charge in [-0.1, -0.05) is 23.7 Å². The van der Waals surface area contributed by atoms with Crippen molar-refractivity contribution in [1.29, 1.82) is 0 Å². The normalized spacial score (nSPS) is 10.8. The van der Waals surface area contributed by atoms with Gasteiger partial charge < -0.3 is 0 Å². The van der Waals surface area contributed by atoms with Gasteiger partial charge in [-0.2, -0.15) is 9.73 Å². The summed E-state index contributed by atoms with van der Waals surface area (Å²) in [5, 5.41) is 9.14. The second-order valence-electron chi connectivity index (χ2n) is 4.19. The molecule has 0 unspecified atom stereocenters. The van der Waals surface area contributed by atoms with Crippen molar-refractivity contribution in [3.05, 3.63) is 53.2 Å². The Balaban J connectivity index is 2.31. The predicted molar refractivity (Wildman–Crippen MR) is 73.4 cm³/mol. The number of Topliss-reactive ketones (excluding diaryl/α,β-unsaturated/α-hetero) is 1. The van der Waals surface area contributed by atoms with E-state index in [-0.39, 0.29) is 5.78 Å². The van der Waals surface area contributed by atoms with E-state index in [1.54, 1.807) is 24.4 Å². The average Bonchev–Trinajstić information content (AvgIpc) is 2.78. The van der Waals surface area contributed by atoms with E-state index >= 15 is 0 Å². The quantitative estimate of drug-likeness (QED) is 0.672. The standard InChI is InChI=1S/C14H10ClN3O/c1-9(19)13-12-3-2-8-16-18(12)17-14(13)10-4-6-11(15)7-5-10/h2-8H,1H3. The molecule has 0 spiro atoms. The summed E-state index contributed by atoms with van der Waals surface area (Å²) in [5.74, 6) is -0.0343. The van der Waals surface area contributed by atoms with Crippen LogP contribution >= 0.6 is 11.6 Å². The molecule has 2 heterocycles. The van der Waals surface area contributed by atoms with Crippen LogP contribution in [0.15, 0.2) is 42.6 Å². The van der Waals surface area contributed by atoms with E-state index < -0.39 is 0 Å². The SMILES string of the molecule is CC(=O)c1c(-c2ccc(Cl)cc2)nn2ncccc12. The van der Waals surface area contributed by atoms with E-state index in [0.29, 0.717) is 21.8 Å². The Morgan fingerprint density at radius 3 is 2.63 bits per heavy atom. The molecule has 4 nitrogen and oxygen atoms in total. The second-order valence-corrected chi connectivity index (χ2v) is 4.62. The van der Waals surface area contributed by atoms with E-state index in [1.807, 2.05) is 18.2 Å². The number of aromatic nitrogens is 3. The first-order valence-corrected chi connectivity index (χ1v) is 6.15. The van der Waals surface area contributed by atoms with Crippen LogP contribution in [0.4, 0.5) is 0 Å². The van der Waals surface area contributed by atoms with E-state index in [9.17, 15) is 4.79 Å². The van der Waals surface area contributed by atoms with Crippen LogP contribution < -0.4 is 0 Å². The van der Waals surface area contributed by atoms with Crippen LogP contribution in [0.3, 0.4) is 0 Å². The Kier molecular flexibility index (Phi) is 2.80. The van der Waals surface area contributed by atoms with Crippen LogP contribution in [0, 0.1) is 0 Å². The van der Waals surface area contributed by atoms with Gasteiger partial charge in [-0.3, -0.25) is 4.79 Å². The summed E-state index contributed by atoms with van der Waals surface area (Å²) >= 11 is 5.88. The topological polar surface area (TPSA) is 47.3 Å². The van der Waals surface area contributed by atoms with Crippen LogP contribution in [0.2, 0.25) is 5.02 Å². The maximum atomic E-state index is 11.9. The fraction of sp³-hybridized carbons (Fsp3) is 0.0714. The minimum Gasteiger partial charge on any atom is -0.294 e. The zero-order chi connectivity index (χ0) is 13.4. The van der Waals surface area contributed by atoms with E-state index in [4.69, 9.17) is 11.6 Å². The summed E-state index contributed by atoms with van der Waals surface area (Å²) in [6.45, 7) is 1.53. The summed E-state index contributed by atoms with van der Waals surface area (Å²) in [4.78, 5) is 11.9. The van der Waals surface area contributed by atoms with Gasteiger partial charge in [0.05, 0.1) is 11.1 Å². The fourth-order valence-electron chi connectivity index (χ4n) is 2.05. The molecule has 1 aromatic carbocycles. The Morgan fingerprint density at radius 1 is 1.21 bits per heavy atom. The molecule has 0 saturated carbocycles. The number of benzene rings is 1. The number of hydrogen-bond acceptors (Lipinski definition) is 3. The Labute approximate surface area is 114 Å². The van der Waals surface area contributed by atoms with Crippen molar-refractivity contribution in [2.75, 3.05) is 0 Å². The van der Waals surface area contributed by atoms with Gasteiger partial charge in [0.2, 0.25) is 0 Å². The number of fused-ring (bicyclic) bond motifs is 1. The molecule has 5 heteroatoms. The first-order chi connectivity index (χ1) is 9.16. The molecule has 0 aliphatic heterocycles. The maximum absolute atomic E-state index is 11.9. The molecule has 0 atom stereocenters. The minimum atomic E-state index is -0.0343. The van der Waals surface area contributed by atoms with Crippen molar-refractivity contribution in [3.63, 3.8) is 0 Å². The predicted octanol–water partition coefficient (Wildman–Crippen LogP) is 3.25. The van der Waals surface area contributed by atoms with Gasteiger partial charge in [0.1, 0.15) is 5.69 Å². The van der Waals surface area contributed by atoms with Crippen LogP contribution in [0.25, 0.3) is 16.8 Å². The molecule has 3 rings (SSSR count). The molecule has 2 aromatic heterocycles. The van der Waals surface area contributed by atoms with E-state index in [0.717, 1.165) is 5.56 Å². The fourth-order valence-corrected chi connectivity index (χ4v) is 2.18. The number of halogens is 1. The van der Waals surface area contributed by atoms with Crippen molar-refractivity contribution in [2.45, 2.75) is 6.92 Å². The summed E-state index contributed by atoms with van der Waals surface area (Å²) < 4.78 is 1.47. The Morgan fingerprint density at radius 2 is 1.95 bits per heavy atom. The number of carbonyl (C=O) groups is 1. The molecule has 0 radical (unpaired) electrons. The Bertz CT molecular complexity index is 762. The number of carbonyl (C=O) groups excluding carboxylic acids is 1. The van der Waals surface area contributed by atoms with Crippen molar-refractivity contribution >= 4 is 22.9 Å². The molecule has 19 heavy (non-hydrogen) atoms. The van der Waals surface area contributed by atoms with Crippen molar-refractivity contribution in [2.24, 2.45) is 0 Å². The van der Waals surface area contributed by atoms with Crippen LogP contribution in [-0.2, 0) is 0 Å². The zero-order valence-corrected chi connectivity index (χ0v) is 10.9. The summed E-state index contributed by atoms with van der Waals surface area (Å²) in [6, 6.07) is 10.9. The molecule has 0 saturated heterocycles. The lowest BCUT2D eigenvalue weighted by Crippen LogP contribution is -1.94. The third kappa shape index (κ3) is 2.00. The lowest BCUT2D eigenvalue weighted by atomic mass is 10.0. The average molecular weight is 272 g/mol. The molecule has 0 bridgehead atoms. The minimum absolute atomic E-state index is 0.0343. The van der Waals surface area contributed by atoms with Gasteiger partial charge in [-0.05, 0) is 31.2 Å². The number of ketones is 1. The highest BCUT2D eigenvalue weighted by molar-refractivity contribution is 6.30. The molecule has 0 fully saturated rings. The first kappa shape index (κ1) is 11.9. The van der Waals surface area contributed by atoms with Crippen molar-refractivity contribution in [3.8, 4) is 11.3 Å². The monoisotopic (exact) mass is 271 g/mol. The number of nitrogens with zero attached hydrogens (tertiary/aromatic N) is 3. The molecule has 0 amide bonds. The molecular formula is C14H10ClN3O. The van der Waals surface area contributed by atoms with Gasteiger partial charge in [0, 0.05) is 16.8 Å². The molecule has 0 aliphatic rings. The summed E-state index contributed by atoms with van der Waals surface area (Å²) in [5.41, 5.74) is 2.76. The second kappa shape index (κ2) is 4.48. The lowest BCUT2D eigenvalue weighted by Gasteiger charge is -1.99. The molecule has 0 N–H and O–H groups in total. The third-order valence-electron chi connectivity index (χ3n) is 2.89. The van der Waals surface area contributed by atoms with Gasteiger partial charge >= 0.3 is 0 Å². The molecule has 94 valence electrons. The van der Waals surface area contributed by atoms with Gasteiger partial charge in [0.25, 0.3) is 0 Å². The van der Waals surface area contributed by atoms with E-state index in [1.165, 1.54) is 11.6 Å². The first-order valence-electron chi connectivity index (χ1n) is 5.78. The van der Waals surface area contributed by atoms with Crippen LogP contribution in [-0.4, -0.2) is 20.6 Å². The summed E-state index contributed by atoms with van der Waals surface area (Å²) in [7, 11) is 0. The van der Waals surface area contributed by atoms with Crippen LogP contribution in [0.1, 0.15) is 17.3 Å². The highest BCUT2D eigenvalue weighted by Crippen LogP contribution is 2.27. The molecule has 3 aromatic rings. The molecule has 0 aliphatic carbocycles. The number of rotatable bonds is 2. The van der Waals surface area contributed by atoms with Crippen LogP contribution in [0.5, 0.6) is 0 Å². The van der Waals surface area contributed by atoms with Gasteiger partial charge in [-0.25, -0.2) is 0 Å². The number of hydrogen-bond donors (Lipinski definition) is 0. The third-order valence-corrected chi connectivity index (χ3v) is 3.14. The van der Waals surface area contributed by atoms with Gasteiger partial charge in [-0.15, -0.1) is 5.10 Å². The molecular weight excluding hydrogens is 262 g/mol. The Hall–Kier alpha value is -2.20. The largest absolute Gasteiger partial charge is 0.294 e. The highest BCUT2D eigenvalue weighted by Gasteiger charge is 2.18. The summed E-state index contributed by atoms with van der Waals surface area (Å²) in [6.07, 6.45) is 1.63. The van der Waals surface area contributed by atoms with E-state index in [2.05, 4.69) is 10.2 Å². The highest BCUT2D eigenvalue weighted by atomic mass is 35.5. The van der Waals surface area contributed by atoms with Crippen molar-refractivity contribution in [1.82, 2.24) is 14.8 Å². The van der Waals surface area contributed by atoms with Crippen molar-refractivity contribution < 1.29 is 4.79 Å². The maximum Gasteiger partial charge on any atom is 0.164 e.